The second-order valence-electron chi connectivity index (χ2n) is 6.82. The smallest absolute Gasteiger partial charge is 0.239 e. The highest BCUT2D eigenvalue weighted by atomic mass is 16.2. The van der Waals surface area contributed by atoms with Crippen LogP contribution in [0.15, 0.2) is 24.4 Å². The van der Waals surface area contributed by atoms with Gasteiger partial charge in [0.2, 0.25) is 5.91 Å². The van der Waals surface area contributed by atoms with E-state index < -0.39 is 5.54 Å². The number of anilines is 1. The Hall–Kier alpha value is -1.62. The van der Waals surface area contributed by atoms with Gasteiger partial charge < -0.3 is 10.2 Å². The van der Waals surface area contributed by atoms with Crippen molar-refractivity contribution < 1.29 is 4.79 Å². The lowest BCUT2D eigenvalue weighted by atomic mass is 10.00. The Labute approximate surface area is 133 Å². The minimum absolute atomic E-state index is 0.118. The molecular weight excluding hydrogens is 276 g/mol. The number of aromatic nitrogens is 1. The summed E-state index contributed by atoms with van der Waals surface area (Å²) in [5.41, 5.74) is -0.467. The van der Waals surface area contributed by atoms with Crippen molar-refractivity contribution in [3.8, 4) is 0 Å². The molecule has 0 spiro atoms. The van der Waals surface area contributed by atoms with E-state index in [2.05, 4.69) is 33.9 Å². The number of pyridine rings is 1. The van der Waals surface area contributed by atoms with Crippen LogP contribution in [-0.2, 0) is 4.79 Å². The third kappa shape index (κ3) is 3.97. The highest BCUT2D eigenvalue weighted by molar-refractivity contribution is 5.85. The molecule has 0 saturated carbocycles. The van der Waals surface area contributed by atoms with Crippen molar-refractivity contribution in [2.24, 2.45) is 5.92 Å². The van der Waals surface area contributed by atoms with Gasteiger partial charge in [-0.3, -0.25) is 9.69 Å². The molecule has 1 aliphatic heterocycles. The van der Waals surface area contributed by atoms with Gasteiger partial charge in [-0.25, -0.2) is 4.98 Å². The zero-order valence-electron chi connectivity index (χ0n) is 14.2. The molecule has 2 rings (SSSR count). The molecule has 0 unspecified atom stereocenters. The van der Waals surface area contributed by atoms with Gasteiger partial charge in [0, 0.05) is 38.9 Å². The molecule has 5 nitrogen and oxygen atoms in total. The fraction of sp³-hybridized carbons (Fsp3) is 0.647. The Morgan fingerprint density at radius 2 is 1.95 bits per heavy atom. The van der Waals surface area contributed by atoms with Crippen molar-refractivity contribution in [1.82, 2.24) is 15.2 Å². The van der Waals surface area contributed by atoms with Crippen LogP contribution < -0.4 is 10.2 Å². The topological polar surface area (TPSA) is 48.5 Å². The fourth-order valence-corrected chi connectivity index (χ4v) is 2.69. The van der Waals surface area contributed by atoms with E-state index in [1.807, 2.05) is 38.2 Å². The van der Waals surface area contributed by atoms with E-state index >= 15 is 0 Å². The molecule has 122 valence electrons. The maximum Gasteiger partial charge on any atom is 0.239 e. The zero-order chi connectivity index (χ0) is 16.2. The van der Waals surface area contributed by atoms with Crippen molar-refractivity contribution in [2.75, 3.05) is 37.6 Å². The monoisotopic (exact) mass is 304 g/mol. The number of hydrogen-bond acceptors (Lipinski definition) is 4. The largest absolute Gasteiger partial charge is 0.354 e. The third-order valence-corrected chi connectivity index (χ3v) is 4.27. The van der Waals surface area contributed by atoms with Crippen LogP contribution in [0.25, 0.3) is 0 Å². The second-order valence-corrected chi connectivity index (χ2v) is 6.82. The molecule has 0 aliphatic carbocycles. The molecule has 22 heavy (non-hydrogen) atoms. The predicted octanol–water partition coefficient (Wildman–Crippen LogP) is 1.75. The van der Waals surface area contributed by atoms with Crippen molar-refractivity contribution in [2.45, 2.75) is 33.2 Å². The van der Waals surface area contributed by atoms with Gasteiger partial charge in [0.1, 0.15) is 5.82 Å². The maximum absolute atomic E-state index is 12.4. The molecule has 1 aromatic rings. The number of hydrogen-bond donors (Lipinski definition) is 1. The van der Waals surface area contributed by atoms with Gasteiger partial charge in [0.05, 0.1) is 5.54 Å². The third-order valence-electron chi connectivity index (χ3n) is 4.27. The van der Waals surface area contributed by atoms with E-state index in [0.717, 1.165) is 38.5 Å². The fourth-order valence-electron chi connectivity index (χ4n) is 2.69. The first kappa shape index (κ1) is 16.7. The lowest BCUT2D eigenvalue weighted by Gasteiger charge is -2.43. The van der Waals surface area contributed by atoms with E-state index in [9.17, 15) is 4.79 Å². The number of carbonyl (C=O) groups excluding carboxylic acids is 1. The SMILES string of the molecule is CC(C)CNC(=O)C(C)(C)N1CCN(c2ccccn2)CC1. The highest BCUT2D eigenvalue weighted by Crippen LogP contribution is 2.20. The summed E-state index contributed by atoms with van der Waals surface area (Å²) < 4.78 is 0. The number of rotatable bonds is 5. The first-order valence-corrected chi connectivity index (χ1v) is 8.10. The lowest BCUT2D eigenvalue weighted by molar-refractivity contribution is -0.132. The van der Waals surface area contributed by atoms with E-state index in [1.54, 1.807) is 0 Å². The van der Waals surface area contributed by atoms with Crippen molar-refractivity contribution in [1.29, 1.82) is 0 Å². The van der Waals surface area contributed by atoms with Crippen molar-refractivity contribution >= 4 is 11.7 Å². The maximum atomic E-state index is 12.4. The molecule has 1 fully saturated rings. The van der Waals surface area contributed by atoms with Gasteiger partial charge in [-0.15, -0.1) is 0 Å². The zero-order valence-corrected chi connectivity index (χ0v) is 14.2. The van der Waals surface area contributed by atoms with Gasteiger partial charge in [-0.05, 0) is 31.9 Å². The van der Waals surface area contributed by atoms with Crippen LogP contribution in [0.3, 0.4) is 0 Å². The Kier molecular flexibility index (Phi) is 5.40. The summed E-state index contributed by atoms with van der Waals surface area (Å²) in [7, 11) is 0. The Balaban J connectivity index is 1.91. The standard InChI is InChI=1S/C17H28N4O/c1-14(2)13-19-16(22)17(3,4)21-11-9-20(10-12-21)15-7-5-6-8-18-15/h5-8,14H,9-13H2,1-4H3,(H,19,22). The van der Waals surface area contributed by atoms with Gasteiger partial charge in [0.25, 0.3) is 0 Å². The summed E-state index contributed by atoms with van der Waals surface area (Å²) >= 11 is 0. The van der Waals surface area contributed by atoms with Crippen molar-refractivity contribution in [3.63, 3.8) is 0 Å². The summed E-state index contributed by atoms with van der Waals surface area (Å²) in [6, 6.07) is 5.98. The summed E-state index contributed by atoms with van der Waals surface area (Å²) in [6.07, 6.45) is 1.82. The first-order chi connectivity index (χ1) is 10.4. The van der Waals surface area contributed by atoms with Crippen LogP contribution in [0.2, 0.25) is 0 Å². The summed E-state index contributed by atoms with van der Waals surface area (Å²) in [4.78, 5) is 21.4. The molecule has 5 heteroatoms. The molecule has 1 N–H and O–H groups in total. The lowest BCUT2D eigenvalue weighted by Crippen LogP contribution is -2.61. The normalized spacial score (nSPS) is 16.9. The first-order valence-electron chi connectivity index (χ1n) is 8.10. The summed E-state index contributed by atoms with van der Waals surface area (Å²) in [6.45, 7) is 12.5. The number of carbonyl (C=O) groups is 1. The van der Waals surface area contributed by atoms with Gasteiger partial charge in [0.15, 0.2) is 0 Å². The molecule has 1 amide bonds. The minimum Gasteiger partial charge on any atom is -0.354 e. The average molecular weight is 304 g/mol. The van der Waals surface area contributed by atoms with Crippen LogP contribution in [0.4, 0.5) is 5.82 Å². The molecule has 1 aliphatic rings. The minimum atomic E-state index is -0.467. The van der Waals surface area contributed by atoms with Gasteiger partial charge >= 0.3 is 0 Å². The van der Waals surface area contributed by atoms with Crippen LogP contribution in [0.1, 0.15) is 27.7 Å². The molecule has 0 radical (unpaired) electrons. The predicted molar refractivity (Wildman–Crippen MR) is 89.9 cm³/mol. The molecular formula is C17H28N4O. The molecule has 1 aromatic heterocycles. The highest BCUT2D eigenvalue weighted by Gasteiger charge is 2.36. The Morgan fingerprint density at radius 1 is 1.27 bits per heavy atom. The summed E-state index contributed by atoms with van der Waals surface area (Å²) in [5.74, 6) is 1.61. The Morgan fingerprint density at radius 3 is 2.50 bits per heavy atom. The number of piperazine rings is 1. The van der Waals surface area contributed by atoms with Crippen LogP contribution in [-0.4, -0.2) is 54.1 Å². The van der Waals surface area contributed by atoms with Crippen LogP contribution in [0.5, 0.6) is 0 Å². The number of amides is 1. The molecule has 2 heterocycles. The van der Waals surface area contributed by atoms with E-state index in [1.165, 1.54) is 0 Å². The van der Waals surface area contributed by atoms with E-state index in [4.69, 9.17) is 0 Å². The Bertz CT molecular complexity index is 479. The molecule has 0 atom stereocenters. The number of nitrogens with zero attached hydrogens (tertiary/aromatic N) is 3. The second kappa shape index (κ2) is 7.09. The number of nitrogens with one attached hydrogen (secondary N) is 1. The van der Waals surface area contributed by atoms with Gasteiger partial charge in [-0.2, -0.15) is 0 Å². The molecule has 0 bridgehead atoms. The van der Waals surface area contributed by atoms with Gasteiger partial charge in [-0.1, -0.05) is 19.9 Å². The molecule has 0 aromatic carbocycles. The quantitative estimate of drug-likeness (QED) is 0.900. The van der Waals surface area contributed by atoms with E-state index in [-0.39, 0.29) is 5.91 Å². The van der Waals surface area contributed by atoms with Crippen LogP contribution in [0, 0.1) is 5.92 Å². The average Bonchev–Trinajstić information content (AvgIpc) is 2.53. The molecule has 1 saturated heterocycles. The van der Waals surface area contributed by atoms with E-state index in [0.29, 0.717) is 5.92 Å². The summed E-state index contributed by atoms with van der Waals surface area (Å²) in [5, 5.41) is 3.06. The van der Waals surface area contributed by atoms with Crippen molar-refractivity contribution in [3.05, 3.63) is 24.4 Å². The van der Waals surface area contributed by atoms with Crippen LogP contribution >= 0.6 is 0 Å².